The number of carbonyl (C=O) groups is 2. The maximum Gasteiger partial charge on any atom is 0.330 e. The normalized spacial score (nSPS) is 14.8. The van der Waals surface area contributed by atoms with Crippen LogP contribution in [0.1, 0.15) is 0 Å². The number of carbonyl (C=O) groups excluding carboxylic acids is 2. The number of epoxide rings is 1. The Morgan fingerprint density at radius 1 is 1.29 bits per heavy atom. The van der Waals surface area contributed by atoms with E-state index in [0.717, 1.165) is 12.2 Å². The molecule has 1 saturated heterocycles. The monoisotopic (exact) mass is 242 g/mol. The van der Waals surface area contributed by atoms with E-state index < -0.39 is 5.97 Å². The van der Waals surface area contributed by atoms with Gasteiger partial charge >= 0.3 is 11.9 Å². The standard InChI is InChI=1S/C6H8O3.C4H6O2.C2H4/c1-2-6(7)9-4-5-3-8-5;1-3-4(5)6-2;1-2/h2,5H,1,3-4H2;3H,1H2,2H3;1-2H2. The van der Waals surface area contributed by atoms with Gasteiger partial charge in [0.15, 0.2) is 0 Å². The third kappa shape index (κ3) is 14.1. The van der Waals surface area contributed by atoms with Crippen molar-refractivity contribution in [1.82, 2.24) is 0 Å². The topological polar surface area (TPSA) is 65.1 Å². The van der Waals surface area contributed by atoms with Gasteiger partial charge in [0.1, 0.15) is 12.7 Å². The van der Waals surface area contributed by atoms with Gasteiger partial charge in [-0.25, -0.2) is 9.59 Å². The molecule has 1 unspecified atom stereocenters. The van der Waals surface area contributed by atoms with Crippen LogP contribution in [0.5, 0.6) is 0 Å². The molecule has 0 spiro atoms. The molecule has 17 heavy (non-hydrogen) atoms. The van der Waals surface area contributed by atoms with E-state index in [1.54, 1.807) is 0 Å². The van der Waals surface area contributed by atoms with Gasteiger partial charge in [-0.2, -0.15) is 0 Å². The van der Waals surface area contributed by atoms with E-state index in [1.165, 1.54) is 7.11 Å². The molecular weight excluding hydrogens is 224 g/mol. The summed E-state index contributed by atoms with van der Waals surface area (Å²) in [6, 6.07) is 0. The fourth-order valence-corrected chi connectivity index (χ4v) is 0.482. The molecule has 1 aliphatic rings. The van der Waals surface area contributed by atoms with Crippen LogP contribution in [0, 0.1) is 0 Å². The zero-order valence-electron chi connectivity index (χ0n) is 10.0. The first-order valence-corrected chi connectivity index (χ1v) is 4.75. The van der Waals surface area contributed by atoms with Gasteiger partial charge < -0.3 is 14.2 Å². The van der Waals surface area contributed by atoms with Gasteiger partial charge in [0.25, 0.3) is 0 Å². The second-order valence-corrected chi connectivity index (χ2v) is 2.52. The summed E-state index contributed by atoms with van der Waals surface area (Å²) in [6.07, 6.45) is 2.40. The van der Waals surface area contributed by atoms with Gasteiger partial charge in [0.2, 0.25) is 0 Å². The zero-order chi connectivity index (χ0) is 13.7. The molecule has 0 N–H and O–H groups in total. The number of hydrogen-bond donors (Lipinski definition) is 0. The Morgan fingerprint density at radius 2 is 1.76 bits per heavy atom. The van der Waals surface area contributed by atoms with Crippen LogP contribution in [0.2, 0.25) is 0 Å². The van der Waals surface area contributed by atoms with Gasteiger partial charge in [-0.1, -0.05) is 13.2 Å². The Morgan fingerprint density at radius 3 is 2.00 bits per heavy atom. The Labute approximate surface area is 101 Å². The summed E-state index contributed by atoms with van der Waals surface area (Å²) in [5, 5.41) is 0. The van der Waals surface area contributed by atoms with Crippen molar-refractivity contribution in [3.8, 4) is 0 Å². The minimum absolute atomic E-state index is 0.147. The molecule has 0 radical (unpaired) electrons. The van der Waals surface area contributed by atoms with Crippen LogP contribution < -0.4 is 0 Å². The van der Waals surface area contributed by atoms with Crippen molar-refractivity contribution < 1.29 is 23.8 Å². The first-order chi connectivity index (χ1) is 8.13. The largest absolute Gasteiger partial charge is 0.466 e. The quantitative estimate of drug-likeness (QED) is 0.321. The van der Waals surface area contributed by atoms with E-state index in [4.69, 9.17) is 4.74 Å². The predicted octanol–water partition coefficient (Wildman–Crippen LogP) is 1.26. The summed E-state index contributed by atoms with van der Waals surface area (Å²) >= 11 is 0. The Balaban J connectivity index is 0. The van der Waals surface area contributed by atoms with E-state index in [2.05, 4.69) is 35.8 Å². The molecule has 0 amide bonds. The van der Waals surface area contributed by atoms with E-state index in [-0.39, 0.29) is 12.1 Å². The lowest BCUT2D eigenvalue weighted by molar-refractivity contribution is -0.138. The summed E-state index contributed by atoms with van der Waals surface area (Å²) < 4.78 is 13.6. The van der Waals surface area contributed by atoms with Crippen molar-refractivity contribution in [1.29, 1.82) is 0 Å². The molecule has 1 rings (SSSR count). The van der Waals surface area contributed by atoms with Crippen molar-refractivity contribution in [2.75, 3.05) is 20.3 Å². The van der Waals surface area contributed by atoms with Crippen LogP contribution >= 0.6 is 0 Å². The van der Waals surface area contributed by atoms with Crippen LogP contribution in [0.25, 0.3) is 0 Å². The molecule has 1 atom stereocenters. The third-order valence-corrected chi connectivity index (χ3v) is 1.35. The number of methoxy groups -OCH3 is 1. The van der Waals surface area contributed by atoms with Crippen LogP contribution in [-0.2, 0) is 23.8 Å². The minimum Gasteiger partial charge on any atom is -0.466 e. The lowest BCUT2D eigenvalue weighted by Crippen LogP contribution is -2.06. The maximum atomic E-state index is 10.3. The van der Waals surface area contributed by atoms with Crippen molar-refractivity contribution in [2.24, 2.45) is 0 Å². The fraction of sp³-hybridized carbons (Fsp3) is 0.333. The summed E-state index contributed by atoms with van der Waals surface area (Å²) in [6.45, 7) is 13.5. The Kier molecular flexibility index (Phi) is 12.6. The van der Waals surface area contributed by atoms with Gasteiger partial charge in [0.05, 0.1) is 13.7 Å². The van der Waals surface area contributed by atoms with Crippen molar-refractivity contribution in [3.05, 3.63) is 38.5 Å². The Hall–Kier alpha value is -1.88. The highest BCUT2D eigenvalue weighted by Crippen LogP contribution is 2.08. The van der Waals surface area contributed by atoms with E-state index >= 15 is 0 Å². The average molecular weight is 242 g/mol. The lowest BCUT2D eigenvalue weighted by atomic mass is 10.5. The predicted molar refractivity (Wildman–Crippen MR) is 64.4 cm³/mol. The highest BCUT2D eigenvalue weighted by molar-refractivity contribution is 5.81. The van der Waals surface area contributed by atoms with E-state index in [0.29, 0.717) is 13.2 Å². The molecule has 0 aromatic carbocycles. The molecule has 5 nitrogen and oxygen atoms in total. The molecule has 5 heteroatoms. The SMILES string of the molecule is C=C.C=CC(=O)OC.C=CC(=O)OCC1CO1. The average Bonchev–Trinajstić information content (AvgIpc) is 3.22. The molecular formula is C12H18O5. The first-order valence-electron chi connectivity index (χ1n) is 4.75. The second kappa shape index (κ2) is 12.2. The van der Waals surface area contributed by atoms with Crippen molar-refractivity contribution in [2.45, 2.75) is 6.10 Å². The zero-order valence-corrected chi connectivity index (χ0v) is 10.0. The number of hydrogen-bond acceptors (Lipinski definition) is 5. The fourth-order valence-electron chi connectivity index (χ4n) is 0.482. The number of rotatable bonds is 4. The summed E-state index contributed by atoms with van der Waals surface area (Å²) in [4.78, 5) is 20.2. The van der Waals surface area contributed by atoms with Crippen LogP contribution in [0.3, 0.4) is 0 Å². The van der Waals surface area contributed by atoms with Crippen molar-refractivity contribution in [3.63, 3.8) is 0 Å². The molecule has 0 bridgehead atoms. The van der Waals surface area contributed by atoms with Crippen LogP contribution in [0.4, 0.5) is 0 Å². The molecule has 0 aliphatic carbocycles. The molecule has 1 fully saturated rings. The van der Waals surface area contributed by atoms with Gasteiger partial charge in [0, 0.05) is 12.2 Å². The van der Waals surface area contributed by atoms with Crippen molar-refractivity contribution >= 4 is 11.9 Å². The highest BCUT2D eigenvalue weighted by Gasteiger charge is 2.23. The molecule has 0 aromatic heterocycles. The maximum absolute atomic E-state index is 10.3. The first kappa shape index (κ1) is 17.5. The number of esters is 2. The summed E-state index contributed by atoms with van der Waals surface area (Å²) in [5.41, 5.74) is 0. The summed E-state index contributed by atoms with van der Waals surface area (Å²) in [5.74, 6) is -0.777. The van der Waals surface area contributed by atoms with Gasteiger partial charge in [-0.15, -0.1) is 13.2 Å². The number of ether oxygens (including phenoxy) is 3. The van der Waals surface area contributed by atoms with Crippen LogP contribution in [0.15, 0.2) is 38.5 Å². The Bertz CT molecular complexity index is 256. The van der Waals surface area contributed by atoms with E-state index in [1.807, 2.05) is 0 Å². The van der Waals surface area contributed by atoms with E-state index in [9.17, 15) is 9.59 Å². The lowest BCUT2D eigenvalue weighted by Gasteiger charge is -1.94. The van der Waals surface area contributed by atoms with Gasteiger partial charge in [-0.3, -0.25) is 0 Å². The molecule has 96 valence electrons. The third-order valence-electron chi connectivity index (χ3n) is 1.35. The summed E-state index contributed by atoms with van der Waals surface area (Å²) in [7, 11) is 1.31. The molecule has 0 aromatic rings. The minimum atomic E-state index is -0.394. The smallest absolute Gasteiger partial charge is 0.330 e. The molecule has 1 aliphatic heterocycles. The second-order valence-electron chi connectivity index (χ2n) is 2.52. The highest BCUT2D eigenvalue weighted by atomic mass is 16.6. The van der Waals surface area contributed by atoms with Gasteiger partial charge in [-0.05, 0) is 0 Å². The molecule has 1 heterocycles. The van der Waals surface area contributed by atoms with Crippen LogP contribution in [-0.4, -0.2) is 38.4 Å². The molecule has 0 saturated carbocycles.